The van der Waals surface area contributed by atoms with Crippen molar-refractivity contribution in [2.75, 3.05) is 5.32 Å². The zero-order chi connectivity index (χ0) is 16.4. The predicted molar refractivity (Wildman–Crippen MR) is 72.5 cm³/mol. The number of nitriles is 1. The van der Waals surface area contributed by atoms with Gasteiger partial charge in [0.1, 0.15) is 29.0 Å². The summed E-state index contributed by atoms with van der Waals surface area (Å²) >= 11 is 0. The summed E-state index contributed by atoms with van der Waals surface area (Å²) in [5, 5.41) is 11.3. The summed E-state index contributed by atoms with van der Waals surface area (Å²) in [4.78, 5) is 23.5. The fraction of sp³-hybridized carbons (Fsp3) is 0.133. The summed E-state index contributed by atoms with van der Waals surface area (Å²) in [6.07, 6.45) is 0. The van der Waals surface area contributed by atoms with E-state index in [9.17, 15) is 18.4 Å². The molecule has 0 atom stereocenters. The third kappa shape index (κ3) is 2.72. The van der Waals surface area contributed by atoms with Crippen molar-refractivity contribution in [2.24, 2.45) is 0 Å². The molecule has 0 aliphatic carbocycles. The van der Waals surface area contributed by atoms with Crippen molar-refractivity contribution >= 4 is 17.6 Å². The molecule has 22 heavy (non-hydrogen) atoms. The molecule has 7 heteroatoms. The van der Waals surface area contributed by atoms with Crippen LogP contribution in [0.15, 0.2) is 22.6 Å². The number of carbonyl (C=O) groups is 2. The number of rotatable bonds is 3. The first-order valence-electron chi connectivity index (χ1n) is 6.16. The Morgan fingerprint density at radius 2 is 2.00 bits per heavy atom. The first-order chi connectivity index (χ1) is 10.3. The van der Waals surface area contributed by atoms with E-state index in [0.717, 1.165) is 12.1 Å². The van der Waals surface area contributed by atoms with E-state index in [2.05, 4.69) is 5.32 Å². The molecule has 0 bridgehead atoms. The minimum Gasteiger partial charge on any atom is -0.443 e. The van der Waals surface area contributed by atoms with E-state index in [0.29, 0.717) is 6.07 Å². The third-order valence-corrected chi connectivity index (χ3v) is 2.95. The average Bonchev–Trinajstić information content (AvgIpc) is 2.74. The number of ketones is 1. The number of hydrogen-bond acceptors (Lipinski definition) is 4. The summed E-state index contributed by atoms with van der Waals surface area (Å²) in [5.41, 5.74) is -0.498. The van der Waals surface area contributed by atoms with Gasteiger partial charge in [-0.3, -0.25) is 14.9 Å². The van der Waals surface area contributed by atoms with Crippen molar-refractivity contribution < 1.29 is 22.8 Å². The number of hydrogen-bond donors (Lipinski definition) is 1. The van der Waals surface area contributed by atoms with E-state index in [1.54, 1.807) is 6.07 Å². The Balaban J connectivity index is 2.39. The fourth-order valence-corrected chi connectivity index (χ4v) is 2.01. The van der Waals surface area contributed by atoms with Gasteiger partial charge in [0.25, 0.3) is 5.91 Å². The van der Waals surface area contributed by atoms with Crippen LogP contribution in [0.3, 0.4) is 0 Å². The molecule has 112 valence electrons. The minimum atomic E-state index is -1.05. The van der Waals surface area contributed by atoms with Gasteiger partial charge in [-0.25, -0.2) is 8.78 Å². The Morgan fingerprint density at radius 1 is 1.32 bits per heavy atom. The lowest BCUT2D eigenvalue weighted by molar-refractivity contribution is 0.100. The fourth-order valence-electron chi connectivity index (χ4n) is 2.01. The molecule has 0 saturated heterocycles. The normalized spacial score (nSPS) is 10.1. The zero-order valence-corrected chi connectivity index (χ0v) is 11.7. The topological polar surface area (TPSA) is 83.1 Å². The lowest BCUT2D eigenvalue weighted by Crippen LogP contribution is -2.14. The van der Waals surface area contributed by atoms with E-state index in [4.69, 9.17) is 9.68 Å². The Kier molecular flexibility index (Phi) is 4.04. The predicted octanol–water partition coefficient (Wildman–Crippen LogP) is 3.19. The van der Waals surface area contributed by atoms with Crippen molar-refractivity contribution in [3.05, 3.63) is 52.3 Å². The van der Waals surface area contributed by atoms with E-state index in [1.165, 1.54) is 13.8 Å². The molecule has 5 nitrogen and oxygen atoms in total. The molecular weight excluding hydrogens is 294 g/mol. The van der Waals surface area contributed by atoms with Crippen molar-refractivity contribution in [2.45, 2.75) is 13.8 Å². The summed E-state index contributed by atoms with van der Waals surface area (Å²) in [6, 6.07) is 4.22. The van der Waals surface area contributed by atoms with Crippen LogP contribution < -0.4 is 5.32 Å². The number of benzene rings is 1. The number of anilines is 1. The summed E-state index contributed by atoms with van der Waals surface area (Å²) in [7, 11) is 0. The highest BCUT2D eigenvalue weighted by atomic mass is 19.1. The maximum absolute atomic E-state index is 13.5. The molecule has 0 fully saturated rings. The molecule has 0 radical (unpaired) electrons. The number of amides is 1. The lowest BCUT2D eigenvalue weighted by Gasteiger charge is -2.04. The second-order valence-electron chi connectivity index (χ2n) is 4.48. The highest BCUT2D eigenvalue weighted by Gasteiger charge is 2.23. The quantitative estimate of drug-likeness (QED) is 0.883. The standard InChI is InChI=1S/C15H10F2N2O3/c1-7(20)13-8(2)22-15(11(13)6-18)19-14(21)10-4-3-9(16)5-12(10)17/h3-5H,1-2H3,(H,19,21). The SMILES string of the molecule is CC(=O)c1c(C)oc(NC(=O)c2ccc(F)cc2F)c1C#N. The molecule has 2 aromatic rings. The molecule has 1 aromatic carbocycles. The molecule has 0 aliphatic rings. The van der Waals surface area contributed by atoms with Crippen LogP contribution in [0.4, 0.5) is 14.7 Å². The van der Waals surface area contributed by atoms with Gasteiger partial charge in [-0.1, -0.05) is 0 Å². The van der Waals surface area contributed by atoms with Crippen LogP contribution in [-0.2, 0) is 0 Å². The van der Waals surface area contributed by atoms with Gasteiger partial charge in [-0.15, -0.1) is 0 Å². The third-order valence-electron chi connectivity index (χ3n) is 2.95. The van der Waals surface area contributed by atoms with Crippen LogP contribution in [0.5, 0.6) is 0 Å². The van der Waals surface area contributed by atoms with Gasteiger partial charge < -0.3 is 4.42 Å². The first-order valence-corrected chi connectivity index (χ1v) is 6.16. The van der Waals surface area contributed by atoms with Gasteiger partial charge in [0.05, 0.1) is 11.1 Å². The Labute approximate surface area is 124 Å². The highest BCUT2D eigenvalue weighted by Crippen LogP contribution is 2.27. The Morgan fingerprint density at radius 3 is 2.55 bits per heavy atom. The highest BCUT2D eigenvalue weighted by molar-refractivity contribution is 6.06. The molecule has 0 unspecified atom stereocenters. The second kappa shape index (κ2) is 5.77. The van der Waals surface area contributed by atoms with Crippen molar-refractivity contribution in [1.82, 2.24) is 0 Å². The molecule has 1 heterocycles. The van der Waals surface area contributed by atoms with Gasteiger partial charge in [0, 0.05) is 6.07 Å². The molecule has 0 aliphatic heterocycles. The number of nitrogens with one attached hydrogen (secondary N) is 1. The maximum Gasteiger partial charge on any atom is 0.260 e. The maximum atomic E-state index is 13.5. The first kappa shape index (κ1) is 15.4. The largest absolute Gasteiger partial charge is 0.443 e. The lowest BCUT2D eigenvalue weighted by atomic mass is 10.1. The molecular formula is C15H10F2N2O3. The molecule has 1 aromatic heterocycles. The van der Waals surface area contributed by atoms with E-state index in [-0.39, 0.29) is 22.8 Å². The van der Waals surface area contributed by atoms with Crippen LogP contribution in [0, 0.1) is 29.9 Å². The van der Waals surface area contributed by atoms with Crippen molar-refractivity contribution in [3.8, 4) is 6.07 Å². The van der Waals surface area contributed by atoms with Gasteiger partial charge in [-0.05, 0) is 26.0 Å². The Hall–Kier alpha value is -3.01. The van der Waals surface area contributed by atoms with E-state index < -0.39 is 28.9 Å². The van der Waals surface area contributed by atoms with Crippen LogP contribution in [-0.4, -0.2) is 11.7 Å². The van der Waals surface area contributed by atoms with E-state index >= 15 is 0 Å². The molecule has 0 saturated carbocycles. The van der Waals surface area contributed by atoms with Gasteiger partial charge in [-0.2, -0.15) is 5.26 Å². The Bertz CT molecular complexity index is 819. The van der Waals surface area contributed by atoms with Crippen molar-refractivity contribution in [3.63, 3.8) is 0 Å². The van der Waals surface area contributed by atoms with Crippen LogP contribution in [0.2, 0.25) is 0 Å². The monoisotopic (exact) mass is 304 g/mol. The zero-order valence-electron chi connectivity index (χ0n) is 11.7. The van der Waals surface area contributed by atoms with Gasteiger partial charge >= 0.3 is 0 Å². The van der Waals surface area contributed by atoms with Gasteiger partial charge in [0.2, 0.25) is 5.88 Å². The number of Topliss-reactive ketones (excluding diaryl/α,β-unsaturated/α-hetero) is 1. The number of carbonyl (C=O) groups excluding carboxylic acids is 2. The number of furan rings is 1. The molecule has 0 spiro atoms. The van der Waals surface area contributed by atoms with Crippen LogP contribution in [0.25, 0.3) is 0 Å². The summed E-state index contributed by atoms with van der Waals surface area (Å²) in [6.45, 7) is 2.72. The summed E-state index contributed by atoms with van der Waals surface area (Å²) in [5.74, 6) is -3.27. The number of halogens is 2. The molecule has 1 N–H and O–H groups in total. The number of aryl methyl sites for hydroxylation is 1. The number of nitrogens with zero attached hydrogens (tertiary/aromatic N) is 1. The van der Waals surface area contributed by atoms with E-state index in [1.807, 2.05) is 0 Å². The van der Waals surface area contributed by atoms with Gasteiger partial charge in [0.15, 0.2) is 5.78 Å². The van der Waals surface area contributed by atoms with Crippen molar-refractivity contribution in [1.29, 1.82) is 5.26 Å². The molecule has 1 amide bonds. The van der Waals surface area contributed by atoms with Crippen LogP contribution >= 0.6 is 0 Å². The summed E-state index contributed by atoms with van der Waals surface area (Å²) < 4.78 is 31.6. The minimum absolute atomic E-state index is 0.0531. The smallest absolute Gasteiger partial charge is 0.260 e. The van der Waals surface area contributed by atoms with Crippen LogP contribution in [0.1, 0.15) is 39.0 Å². The second-order valence-corrected chi connectivity index (χ2v) is 4.48. The average molecular weight is 304 g/mol. The molecule has 2 rings (SSSR count).